The molecule has 5 nitrogen and oxygen atoms in total. The molecule has 6 heteroatoms. The monoisotopic (exact) mass is 245 g/mol. The number of carbonyl (C=O) groups is 1. The molecule has 1 unspecified atom stereocenters. The van der Waals surface area contributed by atoms with Crippen molar-refractivity contribution in [2.45, 2.75) is 12.5 Å². The number of nitrogens with zero attached hydrogens (tertiary/aromatic N) is 1. The van der Waals surface area contributed by atoms with Crippen LogP contribution >= 0.6 is 0 Å². The van der Waals surface area contributed by atoms with Crippen LogP contribution in [-0.2, 0) is 19.4 Å². The summed E-state index contributed by atoms with van der Waals surface area (Å²) in [4.78, 5) is 13.1. The lowest BCUT2D eigenvalue weighted by molar-refractivity contribution is -0.136. The van der Waals surface area contributed by atoms with Crippen LogP contribution in [0.25, 0.3) is 0 Å². The van der Waals surface area contributed by atoms with Gasteiger partial charge in [0, 0.05) is 13.2 Å². The summed E-state index contributed by atoms with van der Waals surface area (Å²) in [6.07, 6.45) is 5.62. The zero-order valence-electron chi connectivity index (χ0n) is 9.18. The fraction of sp³-hybridized carbons (Fsp3) is 0.700. The van der Waals surface area contributed by atoms with Gasteiger partial charge in [-0.25, -0.2) is 8.42 Å². The standard InChI is InChI=1S/C10H15NO4S/c1-3-5-11(10(12)7-15-2)9-4-6-16(13,14)8-9/h1,9H,4-8H2,2H3. The van der Waals surface area contributed by atoms with Crippen molar-refractivity contribution in [1.29, 1.82) is 0 Å². The second kappa shape index (κ2) is 5.32. The van der Waals surface area contributed by atoms with Crippen molar-refractivity contribution in [1.82, 2.24) is 4.90 Å². The number of methoxy groups -OCH3 is 1. The summed E-state index contributed by atoms with van der Waals surface area (Å²) in [5.74, 6) is 2.23. The molecular weight excluding hydrogens is 230 g/mol. The molecule has 0 radical (unpaired) electrons. The zero-order chi connectivity index (χ0) is 12.2. The van der Waals surface area contributed by atoms with Gasteiger partial charge in [-0.1, -0.05) is 5.92 Å². The Hall–Kier alpha value is -1.06. The average Bonchev–Trinajstić information content (AvgIpc) is 2.55. The van der Waals surface area contributed by atoms with E-state index in [9.17, 15) is 13.2 Å². The molecule has 0 aliphatic carbocycles. The predicted molar refractivity (Wildman–Crippen MR) is 59.5 cm³/mol. The largest absolute Gasteiger partial charge is 0.375 e. The van der Waals surface area contributed by atoms with Crippen LogP contribution in [0.5, 0.6) is 0 Å². The van der Waals surface area contributed by atoms with Gasteiger partial charge in [0.25, 0.3) is 0 Å². The summed E-state index contributed by atoms with van der Waals surface area (Å²) in [5.41, 5.74) is 0. The van der Waals surface area contributed by atoms with Crippen LogP contribution < -0.4 is 0 Å². The van der Waals surface area contributed by atoms with Gasteiger partial charge in [0.05, 0.1) is 18.1 Å². The molecule has 0 bridgehead atoms. The Kier molecular flexibility index (Phi) is 4.33. The summed E-state index contributed by atoms with van der Waals surface area (Å²) >= 11 is 0. The maximum atomic E-state index is 11.6. The third kappa shape index (κ3) is 3.22. The molecule has 0 N–H and O–H groups in total. The molecule has 16 heavy (non-hydrogen) atoms. The quantitative estimate of drug-likeness (QED) is 0.613. The molecule has 1 aliphatic rings. The average molecular weight is 245 g/mol. The van der Waals surface area contributed by atoms with E-state index in [1.165, 1.54) is 12.0 Å². The molecule has 0 spiro atoms. The van der Waals surface area contributed by atoms with E-state index in [1.54, 1.807) is 0 Å². The Morgan fingerprint density at radius 3 is 2.75 bits per heavy atom. The van der Waals surface area contributed by atoms with Crippen LogP contribution in [-0.4, -0.2) is 57.0 Å². The van der Waals surface area contributed by atoms with Gasteiger partial charge in [-0.2, -0.15) is 0 Å². The number of hydrogen-bond donors (Lipinski definition) is 0. The number of hydrogen-bond acceptors (Lipinski definition) is 4. The second-order valence-corrected chi connectivity index (χ2v) is 5.94. The molecule has 0 saturated carbocycles. The highest BCUT2D eigenvalue weighted by Gasteiger charge is 2.34. The van der Waals surface area contributed by atoms with Gasteiger partial charge in [0.1, 0.15) is 6.61 Å². The first-order valence-electron chi connectivity index (χ1n) is 4.92. The lowest BCUT2D eigenvalue weighted by Crippen LogP contribution is -2.43. The van der Waals surface area contributed by atoms with Gasteiger partial charge in [0.15, 0.2) is 9.84 Å². The lowest BCUT2D eigenvalue weighted by atomic mass is 10.2. The summed E-state index contributed by atoms with van der Waals surface area (Å²) < 4.78 is 27.4. The first kappa shape index (κ1) is 13.0. The molecule has 1 heterocycles. The smallest absolute Gasteiger partial charge is 0.249 e. The Balaban J connectivity index is 2.72. The Bertz CT molecular complexity index is 396. The highest BCUT2D eigenvalue weighted by molar-refractivity contribution is 7.91. The van der Waals surface area contributed by atoms with Crippen LogP contribution in [0.15, 0.2) is 0 Å². The van der Waals surface area contributed by atoms with Crippen LogP contribution in [0, 0.1) is 12.3 Å². The van der Waals surface area contributed by atoms with E-state index in [0.717, 1.165) is 0 Å². The minimum absolute atomic E-state index is 0.00410. The topological polar surface area (TPSA) is 63.7 Å². The predicted octanol–water partition coefficient (Wildman–Crippen LogP) is -0.718. The van der Waals surface area contributed by atoms with Crippen molar-refractivity contribution < 1.29 is 17.9 Å². The van der Waals surface area contributed by atoms with E-state index in [2.05, 4.69) is 5.92 Å². The van der Waals surface area contributed by atoms with Crippen LogP contribution in [0.2, 0.25) is 0 Å². The maximum absolute atomic E-state index is 11.6. The Morgan fingerprint density at radius 2 is 2.31 bits per heavy atom. The van der Waals surface area contributed by atoms with E-state index < -0.39 is 9.84 Å². The molecule has 1 amide bonds. The van der Waals surface area contributed by atoms with E-state index in [1.807, 2.05) is 0 Å². The Labute approximate surface area is 95.7 Å². The van der Waals surface area contributed by atoms with Gasteiger partial charge in [-0.05, 0) is 6.42 Å². The fourth-order valence-corrected chi connectivity index (χ4v) is 3.48. The van der Waals surface area contributed by atoms with Gasteiger partial charge in [-0.3, -0.25) is 4.79 Å². The molecular formula is C10H15NO4S. The van der Waals surface area contributed by atoms with Gasteiger partial charge in [-0.15, -0.1) is 6.42 Å². The minimum atomic E-state index is -3.01. The summed E-state index contributed by atoms with van der Waals surface area (Å²) in [6, 6.07) is -0.302. The van der Waals surface area contributed by atoms with Crippen molar-refractivity contribution in [2.24, 2.45) is 0 Å². The van der Waals surface area contributed by atoms with Gasteiger partial charge >= 0.3 is 0 Å². The van der Waals surface area contributed by atoms with E-state index in [-0.39, 0.29) is 36.6 Å². The summed E-state index contributed by atoms with van der Waals surface area (Å²) in [5, 5.41) is 0. The minimum Gasteiger partial charge on any atom is -0.375 e. The van der Waals surface area contributed by atoms with Crippen molar-refractivity contribution in [2.75, 3.05) is 31.8 Å². The molecule has 90 valence electrons. The maximum Gasteiger partial charge on any atom is 0.249 e. The highest BCUT2D eigenvalue weighted by Crippen LogP contribution is 2.17. The highest BCUT2D eigenvalue weighted by atomic mass is 32.2. The normalized spacial score (nSPS) is 22.6. The van der Waals surface area contributed by atoms with E-state index >= 15 is 0 Å². The number of sulfone groups is 1. The van der Waals surface area contributed by atoms with Crippen LogP contribution in [0.4, 0.5) is 0 Å². The molecule has 1 saturated heterocycles. The molecule has 1 aliphatic heterocycles. The van der Waals surface area contributed by atoms with Crippen LogP contribution in [0.1, 0.15) is 6.42 Å². The van der Waals surface area contributed by atoms with E-state index in [4.69, 9.17) is 11.2 Å². The zero-order valence-corrected chi connectivity index (χ0v) is 10.00. The number of terminal acetylenes is 1. The third-order valence-electron chi connectivity index (χ3n) is 2.50. The van der Waals surface area contributed by atoms with Crippen molar-refractivity contribution in [3.8, 4) is 12.3 Å². The summed E-state index contributed by atoms with van der Waals surface area (Å²) in [7, 11) is -1.60. The van der Waals surface area contributed by atoms with Crippen molar-refractivity contribution in [3.63, 3.8) is 0 Å². The molecule has 1 fully saturated rings. The summed E-state index contributed by atoms with van der Waals surface area (Å²) in [6.45, 7) is 0.0562. The SMILES string of the molecule is C#CCN(C(=O)COC)C1CCS(=O)(=O)C1. The first-order chi connectivity index (χ1) is 7.50. The number of carbonyl (C=O) groups excluding carboxylic acids is 1. The van der Waals surface area contributed by atoms with Gasteiger partial charge in [0.2, 0.25) is 5.91 Å². The van der Waals surface area contributed by atoms with Crippen molar-refractivity contribution >= 4 is 15.7 Å². The van der Waals surface area contributed by atoms with Crippen molar-refractivity contribution in [3.05, 3.63) is 0 Å². The second-order valence-electron chi connectivity index (χ2n) is 3.72. The molecule has 0 aromatic rings. The first-order valence-corrected chi connectivity index (χ1v) is 6.74. The molecule has 0 aromatic heterocycles. The lowest BCUT2D eigenvalue weighted by Gasteiger charge is -2.25. The van der Waals surface area contributed by atoms with E-state index in [0.29, 0.717) is 6.42 Å². The molecule has 1 atom stereocenters. The third-order valence-corrected chi connectivity index (χ3v) is 4.25. The number of amides is 1. The van der Waals surface area contributed by atoms with Gasteiger partial charge < -0.3 is 9.64 Å². The number of rotatable bonds is 4. The molecule has 0 aromatic carbocycles. The fourth-order valence-electron chi connectivity index (χ4n) is 1.75. The Morgan fingerprint density at radius 1 is 1.62 bits per heavy atom. The number of ether oxygens (including phenoxy) is 1. The van der Waals surface area contributed by atoms with Crippen LogP contribution in [0.3, 0.4) is 0 Å². The molecule has 1 rings (SSSR count).